The molecule has 0 bridgehead atoms. The number of anilines is 2. The first kappa shape index (κ1) is 14.7. The fourth-order valence-corrected chi connectivity index (χ4v) is 2.54. The van der Waals surface area contributed by atoms with E-state index in [0.717, 1.165) is 32.0 Å². The van der Waals surface area contributed by atoms with E-state index >= 15 is 0 Å². The van der Waals surface area contributed by atoms with E-state index in [2.05, 4.69) is 56.4 Å². The minimum atomic E-state index is 0.583. The first-order valence-electron chi connectivity index (χ1n) is 7.64. The normalized spacial score (nSPS) is 15.8. The van der Waals surface area contributed by atoms with Gasteiger partial charge in [0.25, 0.3) is 0 Å². The van der Waals surface area contributed by atoms with Crippen LogP contribution < -0.4 is 10.2 Å². The quantitative estimate of drug-likeness (QED) is 0.924. The summed E-state index contributed by atoms with van der Waals surface area (Å²) in [5, 5.41) is 11.4. The molecule has 22 heavy (non-hydrogen) atoms. The lowest BCUT2D eigenvalue weighted by molar-refractivity contribution is 0.312. The van der Waals surface area contributed by atoms with Gasteiger partial charge < -0.3 is 15.1 Å². The summed E-state index contributed by atoms with van der Waals surface area (Å²) in [4.78, 5) is 9.17. The van der Waals surface area contributed by atoms with Gasteiger partial charge in [0.2, 0.25) is 5.95 Å². The van der Waals surface area contributed by atoms with Gasteiger partial charge in [-0.15, -0.1) is 5.10 Å². The smallest absolute Gasteiger partial charge is 0.244 e. The van der Waals surface area contributed by atoms with Crippen molar-refractivity contribution in [3.63, 3.8) is 0 Å². The zero-order chi connectivity index (χ0) is 15.4. The lowest BCUT2D eigenvalue weighted by atomic mass is 10.1. The monoisotopic (exact) mass is 298 g/mol. The van der Waals surface area contributed by atoms with Gasteiger partial charge in [0.15, 0.2) is 5.82 Å². The van der Waals surface area contributed by atoms with Crippen LogP contribution in [0.15, 0.2) is 30.5 Å². The van der Waals surface area contributed by atoms with Crippen molar-refractivity contribution in [2.45, 2.75) is 13.5 Å². The zero-order valence-corrected chi connectivity index (χ0v) is 13.2. The lowest BCUT2D eigenvalue weighted by Crippen LogP contribution is -2.44. The summed E-state index contributed by atoms with van der Waals surface area (Å²) in [7, 11) is 2.14. The predicted molar refractivity (Wildman–Crippen MR) is 88.0 cm³/mol. The van der Waals surface area contributed by atoms with Crippen molar-refractivity contribution in [2.24, 2.45) is 0 Å². The molecule has 6 heteroatoms. The minimum Gasteiger partial charge on any atom is -0.353 e. The third-order valence-electron chi connectivity index (χ3n) is 4.07. The molecule has 1 aliphatic heterocycles. The highest BCUT2D eigenvalue weighted by atomic mass is 15.3. The number of aromatic nitrogens is 3. The van der Waals surface area contributed by atoms with Crippen LogP contribution in [0.1, 0.15) is 11.1 Å². The summed E-state index contributed by atoms with van der Waals surface area (Å²) in [6.07, 6.45) is 1.74. The number of nitrogens with zero attached hydrogens (tertiary/aromatic N) is 5. The highest BCUT2D eigenvalue weighted by molar-refractivity contribution is 5.41. The molecule has 0 spiro atoms. The molecule has 0 unspecified atom stereocenters. The van der Waals surface area contributed by atoms with E-state index in [-0.39, 0.29) is 0 Å². The van der Waals surface area contributed by atoms with Crippen LogP contribution in [0.5, 0.6) is 0 Å². The number of benzene rings is 1. The Hall–Kier alpha value is -2.21. The number of hydrogen-bond donors (Lipinski definition) is 1. The first-order valence-corrected chi connectivity index (χ1v) is 7.64. The van der Waals surface area contributed by atoms with E-state index in [4.69, 9.17) is 0 Å². The van der Waals surface area contributed by atoms with Gasteiger partial charge >= 0.3 is 0 Å². The molecule has 0 saturated carbocycles. The third-order valence-corrected chi connectivity index (χ3v) is 4.07. The van der Waals surface area contributed by atoms with Crippen LogP contribution in [0.2, 0.25) is 0 Å². The van der Waals surface area contributed by atoms with Crippen LogP contribution in [0, 0.1) is 6.92 Å². The van der Waals surface area contributed by atoms with Gasteiger partial charge in [-0.05, 0) is 25.1 Å². The van der Waals surface area contributed by atoms with Crippen molar-refractivity contribution in [3.05, 3.63) is 41.6 Å². The van der Waals surface area contributed by atoms with Crippen LogP contribution in [0.4, 0.5) is 11.8 Å². The molecular weight excluding hydrogens is 276 g/mol. The van der Waals surface area contributed by atoms with Gasteiger partial charge in [0.1, 0.15) is 0 Å². The summed E-state index contributed by atoms with van der Waals surface area (Å²) >= 11 is 0. The number of piperazine rings is 1. The number of nitrogens with one attached hydrogen (secondary N) is 1. The molecule has 1 fully saturated rings. The van der Waals surface area contributed by atoms with Gasteiger partial charge in [-0.2, -0.15) is 10.1 Å². The molecular formula is C16H22N6. The fraction of sp³-hybridized carbons (Fsp3) is 0.438. The molecule has 0 amide bonds. The van der Waals surface area contributed by atoms with Crippen molar-refractivity contribution in [2.75, 3.05) is 43.4 Å². The predicted octanol–water partition coefficient (Wildman–Crippen LogP) is 1.54. The SMILES string of the molecule is Cc1ccccc1CNc1nncc(N2CCN(C)CC2)n1. The van der Waals surface area contributed by atoms with Crippen LogP contribution in [-0.4, -0.2) is 53.3 Å². The maximum atomic E-state index is 4.59. The van der Waals surface area contributed by atoms with E-state index in [1.807, 2.05) is 12.1 Å². The van der Waals surface area contributed by atoms with E-state index in [0.29, 0.717) is 12.5 Å². The first-order chi connectivity index (χ1) is 10.7. The number of rotatable bonds is 4. The maximum Gasteiger partial charge on any atom is 0.244 e. The lowest BCUT2D eigenvalue weighted by Gasteiger charge is -2.32. The molecule has 3 rings (SSSR count). The number of hydrogen-bond acceptors (Lipinski definition) is 6. The number of likely N-dealkylation sites (N-methyl/N-ethyl adjacent to an activating group) is 1. The summed E-state index contributed by atoms with van der Waals surface area (Å²) < 4.78 is 0. The maximum absolute atomic E-state index is 4.59. The fourth-order valence-electron chi connectivity index (χ4n) is 2.54. The highest BCUT2D eigenvalue weighted by Crippen LogP contribution is 2.14. The van der Waals surface area contributed by atoms with Crippen molar-refractivity contribution < 1.29 is 0 Å². The molecule has 6 nitrogen and oxygen atoms in total. The zero-order valence-electron chi connectivity index (χ0n) is 13.2. The topological polar surface area (TPSA) is 57.2 Å². The van der Waals surface area contributed by atoms with Crippen LogP contribution in [0.25, 0.3) is 0 Å². The Morgan fingerprint density at radius 1 is 1.14 bits per heavy atom. The molecule has 2 heterocycles. The van der Waals surface area contributed by atoms with Crippen molar-refractivity contribution in [3.8, 4) is 0 Å². The van der Waals surface area contributed by atoms with Gasteiger partial charge in [-0.25, -0.2) is 0 Å². The van der Waals surface area contributed by atoms with Gasteiger partial charge in [0, 0.05) is 32.7 Å². The van der Waals surface area contributed by atoms with E-state index in [1.165, 1.54) is 11.1 Å². The highest BCUT2D eigenvalue weighted by Gasteiger charge is 2.16. The molecule has 1 aromatic heterocycles. The molecule has 0 atom stereocenters. The standard InChI is InChI=1S/C16H22N6/c1-13-5-3-4-6-14(13)11-17-16-19-15(12-18-20-16)22-9-7-21(2)8-10-22/h3-6,12H,7-11H2,1-2H3,(H,17,19,20). The summed E-state index contributed by atoms with van der Waals surface area (Å²) in [6, 6.07) is 8.31. The van der Waals surface area contributed by atoms with Crippen molar-refractivity contribution in [1.29, 1.82) is 0 Å². The Labute approximate surface area is 131 Å². The van der Waals surface area contributed by atoms with Gasteiger partial charge in [0.05, 0.1) is 6.20 Å². The molecule has 116 valence electrons. The second-order valence-electron chi connectivity index (χ2n) is 5.71. The summed E-state index contributed by atoms with van der Waals surface area (Å²) in [5.41, 5.74) is 2.51. The van der Waals surface area contributed by atoms with Gasteiger partial charge in [-0.3, -0.25) is 0 Å². The van der Waals surface area contributed by atoms with Crippen LogP contribution >= 0.6 is 0 Å². The van der Waals surface area contributed by atoms with E-state index in [9.17, 15) is 0 Å². The van der Waals surface area contributed by atoms with Crippen LogP contribution in [-0.2, 0) is 6.54 Å². The average molecular weight is 298 g/mol. The summed E-state index contributed by atoms with van der Waals surface area (Å²) in [6.45, 7) is 6.88. The Kier molecular flexibility index (Phi) is 4.48. The third kappa shape index (κ3) is 3.51. The molecule has 1 N–H and O–H groups in total. The molecule has 2 aromatic rings. The van der Waals surface area contributed by atoms with Gasteiger partial charge in [-0.1, -0.05) is 24.3 Å². The van der Waals surface area contributed by atoms with E-state index < -0.39 is 0 Å². The van der Waals surface area contributed by atoms with Crippen molar-refractivity contribution >= 4 is 11.8 Å². The Bertz CT molecular complexity index is 622. The Balaban J connectivity index is 1.65. The second-order valence-corrected chi connectivity index (χ2v) is 5.71. The molecule has 0 aliphatic carbocycles. The largest absolute Gasteiger partial charge is 0.353 e. The summed E-state index contributed by atoms with van der Waals surface area (Å²) in [5.74, 6) is 1.48. The number of aryl methyl sites for hydroxylation is 1. The molecule has 0 radical (unpaired) electrons. The Morgan fingerprint density at radius 3 is 2.68 bits per heavy atom. The van der Waals surface area contributed by atoms with Crippen LogP contribution in [0.3, 0.4) is 0 Å². The molecule has 1 aromatic carbocycles. The Morgan fingerprint density at radius 2 is 1.91 bits per heavy atom. The second kappa shape index (κ2) is 6.70. The minimum absolute atomic E-state index is 0.583. The van der Waals surface area contributed by atoms with Crippen molar-refractivity contribution in [1.82, 2.24) is 20.1 Å². The average Bonchev–Trinajstić information content (AvgIpc) is 2.55. The molecule has 1 saturated heterocycles. The van der Waals surface area contributed by atoms with E-state index in [1.54, 1.807) is 6.20 Å². The molecule has 1 aliphatic rings.